The first kappa shape index (κ1) is 29.1. The number of rotatable bonds is 5. The Morgan fingerprint density at radius 3 is 1.67 bits per heavy atom. The molecule has 0 N–H and O–H groups in total. The van der Waals surface area contributed by atoms with Crippen LogP contribution in [0.3, 0.4) is 0 Å². The molecule has 0 bridgehead atoms. The molecule has 0 atom stereocenters. The van der Waals surface area contributed by atoms with Gasteiger partial charge < -0.3 is 4.42 Å². The lowest BCUT2D eigenvalue weighted by Gasteiger charge is -2.11. The summed E-state index contributed by atoms with van der Waals surface area (Å²) in [5.74, 6) is 1.77. The Labute approximate surface area is 294 Å². The van der Waals surface area contributed by atoms with Crippen molar-refractivity contribution in [2.75, 3.05) is 0 Å². The minimum absolute atomic E-state index is 0.569. The Balaban J connectivity index is 1.15. The highest BCUT2D eigenvalue weighted by atomic mass is 16.3. The SMILES string of the molecule is Cc1ccc(-c2ccc3c(c2)oc2ccc(-c4nc(-c5ccc(-c6ccccc6)cc5)nc(-n5c6ccccc6c6ccccc65)n4)cc23)cc1. The molecule has 0 saturated carbocycles. The molecule has 0 fully saturated rings. The molecular weight excluding hydrogens is 625 g/mol. The zero-order valence-corrected chi connectivity index (χ0v) is 27.8. The van der Waals surface area contributed by atoms with Gasteiger partial charge in [-0.2, -0.15) is 9.97 Å². The molecule has 5 heteroatoms. The third-order valence-electron chi connectivity index (χ3n) is 9.77. The molecule has 0 aliphatic heterocycles. The van der Waals surface area contributed by atoms with Crippen LogP contribution in [0.2, 0.25) is 0 Å². The maximum absolute atomic E-state index is 6.39. The van der Waals surface area contributed by atoms with Crippen LogP contribution in [-0.2, 0) is 0 Å². The molecule has 0 unspecified atom stereocenters. The van der Waals surface area contributed by atoms with Crippen LogP contribution in [0.5, 0.6) is 0 Å². The maximum atomic E-state index is 6.39. The van der Waals surface area contributed by atoms with Crippen molar-refractivity contribution in [3.8, 4) is 51.0 Å². The summed E-state index contributed by atoms with van der Waals surface area (Å²) in [5.41, 5.74) is 11.4. The minimum Gasteiger partial charge on any atom is -0.456 e. The van der Waals surface area contributed by atoms with Gasteiger partial charge in [0.15, 0.2) is 11.6 Å². The van der Waals surface area contributed by atoms with Crippen molar-refractivity contribution >= 4 is 43.7 Å². The second kappa shape index (κ2) is 11.6. The molecule has 240 valence electrons. The monoisotopic (exact) mass is 654 g/mol. The van der Waals surface area contributed by atoms with Gasteiger partial charge >= 0.3 is 0 Å². The Morgan fingerprint density at radius 2 is 0.941 bits per heavy atom. The molecule has 0 radical (unpaired) electrons. The zero-order chi connectivity index (χ0) is 33.9. The van der Waals surface area contributed by atoms with E-state index >= 15 is 0 Å². The van der Waals surface area contributed by atoms with E-state index in [2.05, 4.69) is 157 Å². The van der Waals surface area contributed by atoms with Gasteiger partial charge in [0.2, 0.25) is 5.95 Å². The second-order valence-electron chi connectivity index (χ2n) is 13.0. The number of nitrogens with zero attached hydrogens (tertiary/aromatic N) is 4. The van der Waals surface area contributed by atoms with E-state index in [1.807, 2.05) is 18.2 Å². The van der Waals surface area contributed by atoms with E-state index in [-0.39, 0.29) is 0 Å². The van der Waals surface area contributed by atoms with Gasteiger partial charge in [-0.25, -0.2) is 4.98 Å². The molecule has 5 nitrogen and oxygen atoms in total. The van der Waals surface area contributed by atoms with E-state index in [0.717, 1.165) is 77.1 Å². The lowest BCUT2D eigenvalue weighted by molar-refractivity contribution is 0.669. The van der Waals surface area contributed by atoms with Gasteiger partial charge in [0.25, 0.3) is 0 Å². The fourth-order valence-corrected chi connectivity index (χ4v) is 7.15. The first-order chi connectivity index (χ1) is 25.2. The summed E-state index contributed by atoms with van der Waals surface area (Å²) >= 11 is 0. The van der Waals surface area contributed by atoms with Crippen LogP contribution >= 0.6 is 0 Å². The van der Waals surface area contributed by atoms with Crippen molar-refractivity contribution in [1.82, 2.24) is 19.5 Å². The average Bonchev–Trinajstić information content (AvgIpc) is 3.73. The third kappa shape index (κ3) is 4.98. The highest BCUT2D eigenvalue weighted by Gasteiger charge is 2.19. The standard InChI is InChI=1S/C46H30N4O/c1-29-15-17-32(18-16-29)34-23-25-38-39-27-35(24-26-42(39)51-43(38)28-34)45-47-44(33-21-19-31(20-22-33)30-9-3-2-4-10-30)48-46(49-45)50-40-13-7-5-11-36(40)37-12-6-8-14-41(37)50/h2-28H,1H3. The van der Waals surface area contributed by atoms with Gasteiger partial charge in [-0.1, -0.05) is 127 Å². The number of fused-ring (bicyclic) bond motifs is 6. The number of hydrogen-bond acceptors (Lipinski definition) is 4. The van der Waals surface area contributed by atoms with Gasteiger partial charge in [-0.3, -0.25) is 4.57 Å². The van der Waals surface area contributed by atoms with Crippen molar-refractivity contribution in [3.05, 3.63) is 169 Å². The van der Waals surface area contributed by atoms with Gasteiger partial charge in [0, 0.05) is 32.7 Å². The molecular formula is C46H30N4O. The highest BCUT2D eigenvalue weighted by Crippen LogP contribution is 2.36. The van der Waals surface area contributed by atoms with Crippen molar-refractivity contribution < 1.29 is 4.42 Å². The molecule has 3 heterocycles. The number of aromatic nitrogens is 4. The molecule has 10 rings (SSSR count). The van der Waals surface area contributed by atoms with Crippen LogP contribution in [-0.4, -0.2) is 19.5 Å². The van der Waals surface area contributed by atoms with E-state index in [1.165, 1.54) is 5.56 Å². The third-order valence-corrected chi connectivity index (χ3v) is 9.77. The maximum Gasteiger partial charge on any atom is 0.238 e. The number of para-hydroxylation sites is 2. The summed E-state index contributed by atoms with van der Waals surface area (Å²) in [7, 11) is 0. The lowest BCUT2D eigenvalue weighted by Crippen LogP contribution is -2.06. The first-order valence-electron chi connectivity index (χ1n) is 17.1. The summed E-state index contributed by atoms with van der Waals surface area (Å²) in [4.78, 5) is 15.4. The topological polar surface area (TPSA) is 56.7 Å². The summed E-state index contributed by atoms with van der Waals surface area (Å²) in [5, 5.41) is 4.38. The van der Waals surface area contributed by atoms with Crippen molar-refractivity contribution in [1.29, 1.82) is 0 Å². The van der Waals surface area contributed by atoms with Crippen molar-refractivity contribution in [2.45, 2.75) is 6.92 Å². The first-order valence-corrected chi connectivity index (χ1v) is 17.1. The largest absolute Gasteiger partial charge is 0.456 e. The molecule has 3 aromatic heterocycles. The molecule has 0 aliphatic carbocycles. The normalized spacial score (nSPS) is 11.6. The Bertz CT molecular complexity index is 2850. The molecule has 0 spiro atoms. The Morgan fingerprint density at radius 1 is 0.392 bits per heavy atom. The van der Waals surface area contributed by atoms with Crippen molar-refractivity contribution in [3.63, 3.8) is 0 Å². The number of furan rings is 1. The van der Waals surface area contributed by atoms with E-state index < -0.39 is 0 Å². The van der Waals surface area contributed by atoms with Crippen molar-refractivity contribution in [2.24, 2.45) is 0 Å². The zero-order valence-electron chi connectivity index (χ0n) is 27.8. The molecule has 0 amide bonds. The predicted molar refractivity (Wildman–Crippen MR) is 208 cm³/mol. The average molecular weight is 655 g/mol. The van der Waals surface area contributed by atoms with E-state index in [9.17, 15) is 0 Å². The van der Waals surface area contributed by atoms with Crippen LogP contribution in [0.25, 0.3) is 94.7 Å². The lowest BCUT2D eigenvalue weighted by atomic mass is 10.0. The van der Waals surface area contributed by atoms with Gasteiger partial charge in [-0.05, 0) is 71.6 Å². The highest BCUT2D eigenvalue weighted by molar-refractivity contribution is 6.09. The molecule has 10 aromatic rings. The Hall–Kier alpha value is -6.85. The summed E-state index contributed by atoms with van der Waals surface area (Å²) in [6, 6.07) is 56.9. The minimum atomic E-state index is 0.569. The van der Waals surface area contributed by atoms with Gasteiger partial charge in [0.05, 0.1) is 11.0 Å². The second-order valence-corrected chi connectivity index (χ2v) is 13.0. The predicted octanol–water partition coefficient (Wildman–Crippen LogP) is 11.8. The summed E-state index contributed by atoms with van der Waals surface area (Å²) < 4.78 is 8.54. The van der Waals surface area contributed by atoms with E-state index in [4.69, 9.17) is 19.4 Å². The van der Waals surface area contributed by atoms with Crippen LogP contribution < -0.4 is 0 Å². The van der Waals surface area contributed by atoms with Crippen LogP contribution in [0.1, 0.15) is 5.56 Å². The summed E-state index contributed by atoms with van der Waals surface area (Å²) in [6.45, 7) is 2.10. The van der Waals surface area contributed by atoms with Crippen LogP contribution in [0.15, 0.2) is 168 Å². The molecule has 7 aromatic carbocycles. The fourth-order valence-electron chi connectivity index (χ4n) is 7.15. The molecule has 0 saturated heterocycles. The van der Waals surface area contributed by atoms with Gasteiger partial charge in [-0.15, -0.1) is 0 Å². The molecule has 0 aliphatic rings. The van der Waals surface area contributed by atoms with Crippen LogP contribution in [0, 0.1) is 6.92 Å². The quantitative estimate of drug-likeness (QED) is 0.185. The summed E-state index contributed by atoms with van der Waals surface area (Å²) in [6.07, 6.45) is 0. The number of hydrogen-bond donors (Lipinski definition) is 0. The molecule has 51 heavy (non-hydrogen) atoms. The Kier molecular flexibility index (Phi) is 6.64. The number of aryl methyl sites for hydroxylation is 1. The smallest absolute Gasteiger partial charge is 0.238 e. The van der Waals surface area contributed by atoms with Crippen LogP contribution in [0.4, 0.5) is 0 Å². The van der Waals surface area contributed by atoms with E-state index in [0.29, 0.717) is 17.6 Å². The van der Waals surface area contributed by atoms with E-state index in [1.54, 1.807) is 0 Å². The number of benzene rings is 7. The van der Waals surface area contributed by atoms with Gasteiger partial charge in [0.1, 0.15) is 11.2 Å². The fraction of sp³-hybridized carbons (Fsp3) is 0.0217.